The molecule has 25 heavy (non-hydrogen) atoms. The summed E-state index contributed by atoms with van der Waals surface area (Å²) in [7, 11) is 0. The number of fused-ring (bicyclic) bond motifs is 3. The van der Waals surface area contributed by atoms with Crippen LogP contribution >= 0.6 is 11.3 Å². The van der Waals surface area contributed by atoms with E-state index >= 15 is 0 Å². The highest BCUT2D eigenvalue weighted by atomic mass is 32.1. The maximum atomic E-state index is 4.91. The van der Waals surface area contributed by atoms with Crippen molar-refractivity contribution in [2.24, 2.45) is 0 Å². The zero-order chi connectivity index (χ0) is 16.6. The Hall–Kier alpha value is -2.98. The lowest BCUT2D eigenvalue weighted by atomic mass is 10.2. The first kappa shape index (κ1) is 14.4. The summed E-state index contributed by atoms with van der Waals surface area (Å²) in [5, 5.41) is 4.36. The molecular weight excluding hydrogens is 326 g/mol. The molecule has 0 aliphatic rings. The summed E-state index contributed by atoms with van der Waals surface area (Å²) in [6.07, 6.45) is 1.96. The van der Waals surface area contributed by atoms with E-state index in [1.807, 2.05) is 18.3 Å². The second kappa shape index (κ2) is 5.83. The lowest BCUT2D eigenvalue weighted by molar-refractivity contribution is 0.855. The molecule has 0 saturated carbocycles. The van der Waals surface area contributed by atoms with Gasteiger partial charge in [0.1, 0.15) is 5.65 Å². The highest BCUT2D eigenvalue weighted by Crippen LogP contribution is 2.30. The van der Waals surface area contributed by atoms with Crippen molar-refractivity contribution < 1.29 is 0 Å². The van der Waals surface area contributed by atoms with Crippen molar-refractivity contribution in [3.05, 3.63) is 83.9 Å². The molecule has 3 aromatic heterocycles. The number of nitrogens with zero attached hydrogens (tertiary/aromatic N) is 3. The molecule has 3 heterocycles. The Bertz CT molecular complexity index is 1160. The number of hydrogen-bond acceptors (Lipinski definition) is 3. The minimum atomic E-state index is 0.791. The number of hydrogen-bond donors (Lipinski definition) is 0. The second-order valence-electron chi connectivity index (χ2n) is 6.00. The fourth-order valence-corrected chi connectivity index (χ4v) is 3.93. The van der Waals surface area contributed by atoms with Crippen molar-refractivity contribution in [3.63, 3.8) is 0 Å². The standard InChI is InChI=1S/C21H15N3S/c1-2-7-15(8-3-1)14-24-18-10-5-4-9-16(18)17-13-22-20(23-21(17)24)19-11-6-12-25-19/h1-13H,14H2. The Labute approximate surface area is 149 Å². The Morgan fingerprint density at radius 1 is 0.840 bits per heavy atom. The fourth-order valence-electron chi connectivity index (χ4n) is 3.27. The van der Waals surface area contributed by atoms with Gasteiger partial charge in [-0.3, -0.25) is 0 Å². The number of para-hydroxylation sites is 1. The quantitative estimate of drug-likeness (QED) is 0.442. The molecule has 3 nitrogen and oxygen atoms in total. The summed E-state index contributed by atoms with van der Waals surface area (Å²) < 4.78 is 2.29. The van der Waals surface area contributed by atoms with Gasteiger partial charge in [-0.1, -0.05) is 54.6 Å². The monoisotopic (exact) mass is 341 g/mol. The maximum absolute atomic E-state index is 4.91. The van der Waals surface area contributed by atoms with Crippen LogP contribution in [-0.2, 0) is 6.54 Å². The van der Waals surface area contributed by atoms with Gasteiger partial charge in [0.15, 0.2) is 5.82 Å². The van der Waals surface area contributed by atoms with Crippen LogP contribution in [0.1, 0.15) is 5.56 Å². The van der Waals surface area contributed by atoms with Gasteiger partial charge >= 0.3 is 0 Å². The topological polar surface area (TPSA) is 30.7 Å². The molecule has 0 fully saturated rings. The van der Waals surface area contributed by atoms with Crippen LogP contribution in [0, 0.1) is 0 Å². The Morgan fingerprint density at radius 3 is 2.52 bits per heavy atom. The highest BCUT2D eigenvalue weighted by molar-refractivity contribution is 7.13. The van der Waals surface area contributed by atoms with E-state index in [0.29, 0.717) is 0 Å². The molecule has 0 saturated heterocycles. The van der Waals surface area contributed by atoms with Crippen molar-refractivity contribution in [1.82, 2.24) is 14.5 Å². The molecule has 0 N–H and O–H groups in total. The summed E-state index contributed by atoms with van der Waals surface area (Å²) in [6, 6.07) is 23.1. The molecule has 0 aliphatic heterocycles. The molecule has 4 heteroatoms. The molecular formula is C21H15N3S. The summed E-state index contributed by atoms with van der Waals surface area (Å²) in [5.41, 5.74) is 3.45. The van der Waals surface area contributed by atoms with Crippen molar-refractivity contribution in [2.45, 2.75) is 6.54 Å². The summed E-state index contributed by atoms with van der Waals surface area (Å²) >= 11 is 1.67. The molecule has 0 radical (unpaired) electrons. The van der Waals surface area contributed by atoms with E-state index in [2.05, 4.69) is 69.5 Å². The Morgan fingerprint density at radius 2 is 1.68 bits per heavy atom. The van der Waals surface area contributed by atoms with E-state index in [1.54, 1.807) is 11.3 Å². The van der Waals surface area contributed by atoms with Crippen LogP contribution in [0.15, 0.2) is 78.3 Å². The second-order valence-corrected chi connectivity index (χ2v) is 6.94. The highest BCUT2D eigenvalue weighted by Gasteiger charge is 2.14. The van der Waals surface area contributed by atoms with Gasteiger partial charge in [0.05, 0.1) is 10.4 Å². The maximum Gasteiger partial charge on any atom is 0.171 e. The molecule has 0 aliphatic carbocycles. The predicted molar refractivity (Wildman–Crippen MR) is 104 cm³/mol. The van der Waals surface area contributed by atoms with Crippen LogP contribution in [0.3, 0.4) is 0 Å². The number of rotatable bonds is 3. The largest absolute Gasteiger partial charge is 0.321 e. The van der Waals surface area contributed by atoms with Crippen LogP contribution in [0.25, 0.3) is 32.6 Å². The third-order valence-corrected chi connectivity index (χ3v) is 5.30. The minimum absolute atomic E-state index is 0.791. The fraction of sp³-hybridized carbons (Fsp3) is 0.0476. The van der Waals surface area contributed by atoms with Crippen LogP contribution in [0.2, 0.25) is 0 Å². The van der Waals surface area contributed by atoms with Gasteiger partial charge in [0.25, 0.3) is 0 Å². The van der Waals surface area contributed by atoms with Gasteiger partial charge < -0.3 is 4.57 Å². The van der Waals surface area contributed by atoms with Crippen LogP contribution in [0.4, 0.5) is 0 Å². The third-order valence-electron chi connectivity index (χ3n) is 4.43. The van der Waals surface area contributed by atoms with Gasteiger partial charge in [-0.2, -0.15) is 0 Å². The number of thiophene rings is 1. The van der Waals surface area contributed by atoms with E-state index in [1.165, 1.54) is 16.5 Å². The minimum Gasteiger partial charge on any atom is -0.321 e. The average molecular weight is 341 g/mol. The molecule has 2 aromatic carbocycles. The summed E-state index contributed by atoms with van der Waals surface area (Å²) in [4.78, 5) is 10.6. The smallest absolute Gasteiger partial charge is 0.171 e. The first-order valence-corrected chi connectivity index (χ1v) is 9.10. The Balaban J connectivity index is 1.78. The predicted octanol–water partition coefficient (Wildman–Crippen LogP) is 5.36. The van der Waals surface area contributed by atoms with E-state index < -0.39 is 0 Å². The molecule has 0 bridgehead atoms. The molecule has 5 rings (SSSR count). The van der Waals surface area contributed by atoms with E-state index in [0.717, 1.165) is 28.3 Å². The zero-order valence-electron chi connectivity index (χ0n) is 13.5. The van der Waals surface area contributed by atoms with Crippen molar-refractivity contribution in [1.29, 1.82) is 0 Å². The average Bonchev–Trinajstić information content (AvgIpc) is 3.30. The van der Waals surface area contributed by atoms with Gasteiger partial charge in [-0.15, -0.1) is 11.3 Å². The van der Waals surface area contributed by atoms with E-state index in [9.17, 15) is 0 Å². The van der Waals surface area contributed by atoms with Gasteiger partial charge in [0.2, 0.25) is 0 Å². The molecule has 120 valence electrons. The van der Waals surface area contributed by atoms with Gasteiger partial charge in [-0.05, 0) is 23.1 Å². The summed E-state index contributed by atoms with van der Waals surface area (Å²) in [6.45, 7) is 0.797. The lowest BCUT2D eigenvalue weighted by Gasteiger charge is -2.07. The molecule has 5 aromatic rings. The third kappa shape index (κ3) is 2.42. The zero-order valence-corrected chi connectivity index (χ0v) is 14.3. The van der Waals surface area contributed by atoms with Crippen LogP contribution < -0.4 is 0 Å². The van der Waals surface area contributed by atoms with Crippen LogP contribution in [0.5, 0.6) is 0 Å². The normalized spacial score (nSPS) is 11.4. The SMILES string of the molecule is c1ccc(Cn2c3ccccc3c3cnc(-c4cccs4)nc32)cc1. The van der Waals surface area contributed by atoms with Crippen LogP contribution in [-0.4, -0.2) is 14.5 Å². The van der Waals surface area contributed by atoms with E-state index in [4.69, 9.17) is 4.98 Å². The lowest BCUT2D eigenvalue weighted by Crippen LogP contribution is -2.01. The van der Waals surface area contributed by atoms with Crippen molar-refractivity contribution >= 4 is 33.3 Å². The number of aromatic nitrogens is 3. The number of benzene rings is 2. The molecule has 0 amide bonds. The Kier molecular flexibility index (Phi) is 3.35. The van der Waals surface area contributed by atoms with Gasteiger partial charge in [0, 0.05) is 23.5 Å². The van der Waals surface area contributed by atoms with Gasteiger partial charge in [-0.25, -0.2) is 9.97 Å². The van der Waals surface area contributed by atoms with Crippen molar-refractivity contribution in [2.75, 3.05) is 0 Å². The molecule has 0 spiro atoms. The van der Waals surface area contributed by atoms with Crippen molar-refractivity contribution in [3.8, 4) is 10.7 Å². The first-order valence-electron chi connectivity index (χ1n) is 8.22. The summed E-state index contributed by atoms with van der Waals surface area (Å²) in [5.74, 6) is 0.791. The molecule has 0 unspecified atom stereocenters. The first-order chi connectivity index (χ1) is 12.4. The molecule has 0 atom stereocenters. The van der Waals surface area contributed by atoms with E-state index in [-0.39, 0.29) is 0 Å².